The minimum atomic E-state index is -1.00. The topological polar surface area (TPSA) is 57.5 Å². The second-order valence-corrected chi connectivity index (χ2v) is 4.69. The van der Waals surface area contributed by atoms with Crippen LogP contribution in [-0.2, 0) is 4.79 Å². The Labute approximate surface area is 78.8 Å². The summed E-state index contributed by atoms with van der Waals surface area (Å²) < 4.78 is 0. The van der Waals surface area contributed by atoms with E-state index in [2.05, 4.69) is 0 Å². The Morgan fingerprint density at radius 1 is 1.31 bits per heavy atom. The van der Waals surface area contributed by atoms with Crippen molar-refractivity contribution in [1.82, 2.24) is 0 Å². The maximum Gasteiger partial charge on any atom is 0.306 e. The highest BCUT2D eigenvalue weighted by Crippen LogP contribution is 2.45. The predicted octanol–water partition coefficient (Wildman–Crippen LogP) is 1.79. The molecular formula is C10H18O3. The Morgan fingerprint density at radius 3 is 2.31 bits per heavy atom. The van der Waals surface area contributed by atoms with Crippen molar-refractivity contribution in [3.05, 3.63) is 0 Å². The molecule has 3 heteroatoms. The van der Waals surface area contributed by atoms with Gasteiger partial charge in [0.25, 0.3) is 0 Å². The summed E-state index contributed by atoms with van der Waals surface area (Å²) in [7, 11) is 0. The van der Waals surface area contributed by atoms with Gasteiger partial charge in [0.05, 0.1) is 12.0 Å². The molecule has 0 radical (unpaired) electrons. The lowest BCUT2D eigenvalue weighted by Crippen LogP contribution is -2.48. The van der Waals surface area contributed by atoms with Gasteiger partial charge in [-0.2, -0.15) is 0 Å². The van der Waals surface area contributed by atoms with Crippen LogP contribution >= 0.6 is 0 Å². The maximum atomic E-state index is 10.6. The summed E-state index contributed by atoms with van der Waals surface area (Å²) in [6.07, 6.45) is 3.44. The summed E-state index contributed by atoms with van der Waals surface area (Å²) in [5, 5.41) is 18.9. The van der Waals surface area contributed by atoms with E-state index in [0.717, 1.165) is 19.3 Å². The molecule has 0 saturated heterocycles. The average molecular weight is 186 g/mol. The number of hydrogen-bond donors (Lipinski definition) is 2. The van der Waals surface area contributed by atoms with E-state index in [0.29, 0.717) is 6.42 Å². The van der Waals surface area contributed by atoms with Gasteiger partial charge in [-0.3, -0.25) is 4.79 Å². The van der Waals surface area contributed by atoms with Crippen molar-refractivity contribution in [2.75, 3.05) is 0 Å². The molecule has 1 atom stereocenters. The van der Waals surface area contributed by atoms with Gasteiger partial charge in [0.15, 0.2) is 0 Å². The van der Waals surface area contributed by atoms with Crippen LogP contribution in [-0.4, -0.2) is 21.8 Å². The van der Waals surface area contributed by atoms with Gasteiger partial charge in [0, 0.05) is 0 Å². The third-order valence-electron chi connectivity index (χ3n) is 3.35. The van der Waals surface area contributed by atoms with Gasteiger partial charge in [-0.05, 0) is 18.3 Å². The van der Waals surface area contributed by atoms with Gasteiger partial charge >= 0.3 is 5.97 Å². The second-order valence-electron chi connectivity index (χ2n) is 4.69. The highest BCUT2D eigenvalue weighted by Gasteiger charge is 2.46. The summed E-state index contributed by atoms with van der Waals surface area (Å²) in [4.78, 5) is 10.6. The number of hydrogen-bond acceptors (Lipinski definition) is 2. The molecule has 3 nitrogen and oxygen atoms in total. The van der Waals surface area contributed by atoms with Crippen LogP contribution in [0.15, 0.2) is 0 Å². The minimum Gasteiger partial charge on any atom is -0.481 e. The van der Waals surface area contributed by atoms with Gasteiger partial charge in [-0.15, -0.1) is 0 Å². The van der Waals surface area contributed by atoms with Crippen molar-refractivity contribution in [3.8, 4) is 0 Å². The first-order chi connectivity index (χ1) is 5.87. The zero-order valence-electron chi connectivity index (χ0n) is 8.34. The molecule has 0 aliphatic heterocycles. The molecule has 1 fully saturated rings. The minimum absolute atomic E-state index is 0.125. The van der Waals surface area contributed by atoms with Crippen LogP contribution in [0.2, 0.25) is 0 Å². The fourth-order valence-corrected chi connectivity index (χ4v) is 2.13. The highest BCUT2D eigenvalue weighted by molar-refractivity contribution is 5.68. The van der Waals surface area contributed by atoms with Crippen molar-refractivity contribution in [3.63, 3.8) is 0 Å². The van der Waals surface area contributed by atoms with E-state index >= 15 is 0 Å². The third-order valence-corrected chi connectivity index (χ3v) is 3.35. The number of aliphatic hydroxyl groups is 1. The molecule has 1 unspecified atom stereocenters. The highest BCUT2D eigenvalue weighted by atomic mass is 16.4. The molecule has 1 aliphatic rings. The molecule has 0 aromatic heterocycles. The smallest absolute Gasteiger partial charge is 0.306 e. The van der Waals surface area contributed by atoms with Gasteiger partial charge in [-0.25, -0.2) is 0 Å². The Hall–Kier alpha value is -0.570. The quantitative estimate of drug-likeness (QED) is 0.691. The molecule has 1 aliphatic carbocycles. The Kier molecular flexibility index (Phi) is 2.66. The lowest BCUT2D eigenvalue weighted by molar-refractivity contribution is -0.154. The van der Waals surface area contributed by atoms with Crippen molar-refractivity contribution in [1.29, 1.82) is 0 Å². The summed E-state index contributed by atoms with van der Waals surface area (Å²) >= 11 is 0. The van der Waals surface area contributed by atoms with Crippen LogP contribution in [0.4, 0.5) is 0 Å². The van der Waals surface area contributed by atoms with Crippen molar-refractivity contribution in [2.24, 2.45) is 5.41 Å². The summed E-state index contributed by atoms with van der Waals surface area (Å²) in [6.45, 7) is 3.91. The molecule has 0 amide bonds. The van der Waals surface area contributed by atoms with E-state index in [9.17, 15) is 9.90 Å². The zero-order valence-corrected chi connectivity index (χ0v) is 8.34. The van der Waals surface area contributed by atoms with E-state index in [-0.39, 0.29) is 11.8 Å². The predicted molar refractivity (Wildman–Crippen MR) is 49.5 cm³/mol. The molecular weight excluding hydrogens is 168 g/mol. The van der Waals surface area contributed by atoms with Crippen LogP contribution < -0.4 is 0 Å². The van der Waals surface area contributed by atoms with E-state index in [4.69, 9.17) is 5.11 Å². The molecule has 13 heavy (non-hydrogen) atoms. The average Bonchev–Trinajstić information content (AvgIpc) is 1.94. The number of carboxylic acid groups (broad SMARTS) is 1. The first-order valence-corrected chi connectivity index (χ1v) is 4.82. The lowest BCUT2D eigenvalue weighted by atomic mass is 9.64. The Bertz CT molecular complexity index is 210. The van der Waals surface area contributed by atoms with Crippen molar-refractivity contribution >= 4 is 5.97 Å². The zero-order chi connectivity index (χ0) is 10.1. The Balaban J connectivity index is 2.77. The SMILES string of the molecule is CC1(C)CCCCC1(O)CC(=O)O. The molecule has 1 saturated carbocycles. The van der Waals surface area contributed by atoms with Crippen molar-refractivity contribution in [2.45, 2.75) is 51.6 Å². The standard InChI is InChI=1S/C10H18O3/c1-9(2)5-3-4-6-10(9,13)7-8(11)12/h13H,3-7H2,1-2H3,(H,11,12). The first-order valence-electron chi connectivity index (χ1n) is 4.82. The molecule has 76 valence electrons. The van der Waals surface area contributed by atoms with Crippen LogP contribution in [0.1, 0.15) is 46.0 Å². The number of carbonyl (C=O) groups is 1. The van der Waals surface area contributed by atoms with Crippen LogP contribution in [0.25, 0.3) is 0 Å². The van der Waals surface area contributed by atoms with E-state index in [1.54, 1.807) is 0 Å². The molecule has 0 spiro atoms. The summed E-state index contributed by atoms with van der Waals surface area (Å²) in [6, 6.07) is 0. The third kappa shape index (κ3) is 2.02. The number of aliphatic carboxylic acids is 1. The molecule has 0 aromatic rings. The maximum absolute atomic E-state index is 10.6. The number of rotatable bonds is 2. The fraction of sp³-hybridized carbons (Fsp3) is 0.900. The van der Waals surface area contributed by atoms with E-state index in [1.807, 2.05) is 13.8 Å². The first kappa shape index (κ1) is 10.5. The largest absolute Gasteiger partial charge is 0.481 e. The van der Waals surface area contributed by atoms with Gasteiger partial charge in [-0.1, -0.05) is 26.7 Å². The van der Waals surface area contributed by atoms with Gasteiger partial charge in [0.1, 0.15) is 0 Å². The monoisotopic (exact) mass is 186 g/mol. The van der Waals surface area contributed by atoms with Crippen LogP contribution in [0, 0.1) is 5.41 Å². The van der Waals surface area contributed by atoms with Gasteiger partial charge in [0.2, 0.25) is 0 Å². The van der Waals surface area contributed by atoms with Crippen LogP contribution in [0.5, 0.6) is 0 Å². The molecule has 0 bridgehead atoms. The summed E-state index contributed by atoms with van der Waals surface area (Å²) in [5.41, 5.74) is -1.26. The molecule has 0 heterocycles. The molecule has 0 aromatic carbocycles. The fourth-order valence-electron chi connectivity index (χ4n) is 2.13. The van der Waals surface area contributed by atoms with Crippen molar-refractivity contribution < 1.29 is 15.0 Å². The lowest BCUT2D eigenvalue weighted by Gasteiger charge is -2.45. The summed E-state index contributed by atoms with van der Waals surface area (Å²) in [5.74, 6) is -0.905. The van der Waals surface area contributed by atoms with Gasteiger partial charge < -0.3 is 10.2 Å². The number of carboxylic acids is 1. The van der Waals surface area contributed by atoms with Crippen LogP contribution in [0.3, 0.4) is 0 Å². The van der Waals surface area contributed by atoms with E-state index in [1.165, 1.54) is 0 Å². The molecule has 2 N–H and O–H groups in total. The molecule has 1 rings (SSSR count). The second kappa shape index (κ2) is 3.29. The Morgan fingerprint density at radius 2 is 1.85 bits per heavy atom. The normalized spacial score (nSPS) is 32.8. The van der Waals surface area contributed by atoms with E-state index < -0.39 is 11.6 Å².